The number of benzene rings is 2. The fourth-order valence-corrected chi connectivity index (χ4v) is 2.20. The van der Waals surface area contributed by atoms with Gasteiger partial charge in [0.25, 0.3) is 0 Å². The van der Waals surface area contributed by atoms with Crippen molar-refractivity contribution in [1.82, 2.24) is 0 Å². The van der Waals surface area contributed by atoms with Crippen molar-refractivity contribution in [2.45, 2.75) is 6.92 Å². The molecule has 0 amide bonds. The largest absolute Gasteiger partial charge is 0.465 e. The van der Waals surface area contributed by atoms with E-state index in [-0.39, 0.29) is 16.4 Å². The molecule has 3 N–H and O–H groups in total. The molecule has 0 atom stereocenters. The number of anilines is 3. The summed E-state index contributed by atoms with van der Waals surface area (Å²) in [5.74, 6) is -0.902. The predicted molar refractivity (Wildman–Crippen MR) is 81.6 cm³/mol. The van der Waals surface area contributed by atoms with Crippen molar-refractivity contribution in [3.05, 3.63) is 52.3 Å². The van der Waals surface area contributed by atoms with Crippen molar-refractivity contribution >= 4 is 34.6 Å². The molecule has 6 heteroatoms. The van der Waals surface area contributed by atoms with Crippen LogP contribution >= 0.6 is 11.6 Å². The Labute approximate surface area is 126 Å². The Morgan fingerprint density at radius 1 is 1.33 bits per heavy atom. The molecule has 0 bridgehead atoms. The van der Waals surface area contributed by atoms with Crippen LogP contribution in [0.25, 0.3) is 0 Å². The van der Waals surface area contributed by atoms with Crippen LogP contribution in [0.2, 0.25) is 5.02 Å². The third-order valence-electron chi connectivity index (χ3n) is 2.97. The molecule has 0 aliphatic rings. The Balaban J connectivity index is 2.50. The third kappa shape index (κ3) is 3.25. The third-order valence-corrected chi connectivity index (χ3v) is 3.26. The molecule has 21 heavy (non-hydrogen) atoms. The molecule has 0 saturated heterocycles. The summed E-state index contributed by atoms with van der Waals surface area (Å²) in [5, 5.41) is 3.30. The van der Waals surface area contributed by atoms with Gasteiger partial charge in [-0.1, -0.05) is 11.6 Å². The summed E-state index contributed by atoms with van der Waals surface area (Å²) in [6.45, 7) is 1.74. The number of rotatable bonds is 3. The number of nitrogens with one attached hydrogen (secondary N) is 1. The van der Waals surface area contributed by atoms with Crippen LogP contribution < -0.4 is 11.1 Å². The van der Waals surface area contributed by atoms with Crippen molar-refractivity contribution in [1.29, 1.82) is 0 Å². The van der Waals surface area contributed by atoms with E-state index in [9.17, 15) is 9.18 Å². The highest BCUT2D eigenvalue weighted by atomic mass is 35.5. The van der Waals surface area contributed by atoms with E-state index in [2.05, 4.69) is 5.32 Å². The fraction of sp³-hybridized carbons (Fsp3) is 0.133. The van der Waals surface area contributed by atoms with Gasteiger partial charge in [0.15, 0.2) is 0 Å². The van der Waals surface area contributed by atoms with E-state index < -0.39 is 5.97 Å². The Morgan fingerprint density at radius 3 is 2.67 bits per heavy atom. The fourth-order valence-electron chi connectivity index (χ4n) is 1.93. The minimum Gasteiger partial charge on any atom is -0.465 e. The molecule has 0 saturated carbocycles. The van der Waals surface area contributed by atoms with Crippen molar-refractivity contribution < 1.29 is 13.9 Å². The highest BCUT2D eigenvalue weighted by Crippen LogP contribution is 2.33. The van der Waals surface area contributed by atoms with E-state index in [1.807, 2.05) is 0 Å². The lowest BCUT2D eigenvalue weighted by Crippen LogP contribution is -2.08. The topological polar surface area (TPSA) is 64.3 Å². The summed E-state index contributed by atoms with van der Waals surface area (Å²) in [5.41, 5.74) is 7.94. The quantitative estimate of drug-likeness (QED) is 0.666. The standard InChI is InChI=1S/C15H14ClFN2O2/c1-8-5-9(17)3-4-13(8)19-14-11(15(20)21-2)6-10(18)7-12(14)16/h3-7,19H,18H2,1-2H3. The molecule has 0 aromatic heterocycles. The molecule has 0 heterocycles. The second-order valence-electron chi connectivity index (χ2n) is 4.50. The van der Waals surface area contributed by atoms with Crippen LogP contribution in [-0.4, -0.2) is 13.1 Å². The van der Waals surface area contributed by atoms with Crippen LogP contribution in [0.15, 0.2) is 30.3 Å². The number of methoxy groups -OCH3 is 1. The van der Waals surface area contributed by atoms with Gasteiger partial charge in [0.1, 0.15) is 5.82 Å². The number of hydrogen-bond acceptors (Lipinski definition) is 4. The van der Waals surface area contributed by atoms with Crippen LogP contribution in [0.1, 0.15) is 15.9 Å². The van der Waals surface area contributed by atoms with Crippen LogP contribution in [0.3, 0.4) is 0 Å². The number of carbonyl (C=O) groups is 1. The molecule has 2 aromatic carbocycles. The smallest absolute Gasteiger partial charge is 0.340 e. The van der Waals surface area contributed by atoms with Gasteiger partial charge in [-0.2, -0.15) is 0 Å². The summed E-state index contributed by atoms with van der Waals surface area (Å²) >= 11 is 6.14. The zero-order valence-electron chi connectivity index (χ0n) is 11.5. The van der Waals surface area contributed by atoms with Crippen LogP contribution in [0.5, 0.6) is 0 Å². The van der Waals surface area contributed by atoms with E-state index >= 15 is 0 Å². The maximum Gasteiger partial charge on any atom is 0.340 e. The number of ether oxygens (including phenoxy) is 1. The predicted octanol–water partition coefficient (Wildman–Crippen LogP) is 3.90. The molecule has 0 aliphatic carbocycles. The maximum atomic E-state index is 13.1. The van der Waals surface area contributed by atoms with Crippen molar-refractivity contribution in [2.24, 2.45) is 0 Å². The Bertz CT molecular complexity index is 704. The first-order valence-corrected chi connectivity index (χ1v) is 6.50. The van der Waals surface area contributed by atoms with Gasteiger partial charge < -0.3 is 15.8 Å². The molecular weight excluding hydrogens is 295 g/mol. The average Bonchev–Trinajstić information content (AvgIpc) is 2.42. The maximum absolute atomic E-state index is 13.1. The van der Waals surface area contributed by atoms with Crippen molar-refractivity contribution in [3.8, 4) is 0 Å². The van der Waals surface area contributed by atoms with E-state index in [4.69, 9.17) is 22.1 Å². The number of carbonyl (C=O) groups excluding carboxylic acids is 1. The Kier molecular flexibility index (Phi) is 4.33. The Morgan fingerprint density at radius 2 is 2.05 bits per heavy atom. The van der Waals surface area contributed by atoms with E-state index in [1.165, 1.54) is 31.4 Å². The number of aryl methyl sites for hydroxylation is 1. The van der Waals surface area contributed by atoms with Gasteiger partial charge in [0, 0.05) is 11.4 Å². The zero-order valence-corrected chi connectivity index (χ0v) is 12.3. The summed E-state index contributed by atoms with van der Waals surface area (Å²) in [4.78, 5) is 11.8. The minimum absolute atomic E-state index is 0.214. The van der Waals surface area contributed by atoms with Gasteiger partial charge in [-0.3, -0.25) is 0 Å². The van der Waals surface area contributed by atoms with Crippen molar-refractivity contribution in [2.75, 3.05) is 18.2 Å². The zero-order chi connectivity index (χ0) is 15.6. The second-order valence-corrected chi connectivity index (χ2v) is 4.91. The first kappa shape index (κ1) is 15.1. The van der Waals surface area contributed by atoms with Gasteiger partial charge in [0.2, 0.25) is 0 Å². The average molecular weight is 309 g/mol. The molecule has 0 unspecified atom stereocenters. The van der Waals surface area contributed by atoms with Gasteiger partial charge in [-0.25, -0.2) is 9.18 Å². The number of hydrogen-bond donors (Lipinski definition) is 2. The SMILES string of the molecule is COC(=O)c1cc(N)cc(Cl)c1Nc1ccc(F)cc1C. The lowest BCUT2D eigenvalue weighted by Gasteiger charge is -2.15. The number of halogens is 2. The van der Waals surface area contributed by atoms with Crippen LogP contribution in [0, 0.1) is 12.7 Å². The summed E-state index contributed by atoms with van der Waals surface area (Å²) in [6.07, 6.45) is 0. The Hall–Kier alpha value is -2.27. The minimum atomic E-state index is -0.563. The van der Waals surface area contributed by atoms with Gasteiger partial charge in [-0.05, 0) is 42.8 Å². The van der Waals surface area contributed by atoms with Gasteiger partial charge >= 0.3 is 5.97 Å². The van der Waals surface area contributed by atoms with Crippen LogP contribution in [-0.2, 0) is 4.74 Å². The number of esters is 1. The van der Waals surface area contributed by atoms with Gasteiger partial charge in [0.05, 0.1) is 23.4 Å². The first-order chi connectivity index (χ1) is 9.92. The molecule has 0 aliphatic heterocycles. The number of nitrogens with two attached hydrogens (primary N) is 1. The van der Waals surface area contributed by atoms with E-state index in [0.29, 0.717) is 22.6 Å². The summed E-state index contributed by atoms with van der Waals surface area (Å²) in [7, 11) is 1.27. The molecular formula is C15H14ClFN2O2. The molecule has 2 rings (SSSR count). The molecule has 2 aromatic rings. The highest BCUT2D eigenvalue weighted by molar-refractivity contribution is 6.34. The monoisotopic (exact) mass is 308 g/mol. The van der Waals surface area contributed by atoms with E-state index in [0.717, 1.165) is 0 Å². The van der Waals surface area contributed by atoms with E-state index in [1.54, 1.807) is 13.0 Å². The molecule has 4 nitrogen and oxygen atoms in total. The molecule has 0 radical (unpaired) electrons. The molecule has 110 valence electrons. The lowest BCUT2D eigenvalue weighted by molar-refractivity contribution is 0.0602. The summed E-state index contributed by atoms with van der Waals surface area (Å²) in [6, 6.07) is 7.26. The first-order valence-electron chi connectivity index (χ1n) is 6.13. The summed E-state index contributed by atoms with van der Waals surface area (Å²) < 4.78 is 17.9. The second kappa shape index (κ2) is 6.01. The van der Waals surface area contributed by atoms with Gasteiger partial charge in [-0.15, -0.1) is 0 Å². The molecule has 0 spiro atoms. The number of nitrogen functional groups attached to an aromatic ring is 1. The highest BCUT2D eigenvalue weighted by Gasteiger charge is 2.17. The molecule has 0 fully saturated rings. The van der Waals surface area contributed by atoms with Crippen molar-refractivity contribution in [3.63, 3.8) is 0 Å². The normalized spacial score (nSPS) is 10.3. The lowest BCUT2D eigenvalue weighted by atomic mass is 10.1. The van der Waals surface area contributed by atoms with Crippen LogP contribution in [0.4, 0.5) is 21.5 Å².